The largest absolute Gasteiger partial charge is 0.417 e. The maximum Gasteiger partial charge on any atom is 0.417 e. The van der Waals surface area contributed by atoms with E-state index in [2.05, 4.69) is 11.8 Å². The number of piperidine rings is 1. The third kappa shape index (κ3) is 3.05. The molecule has 3 nitrogen and oxygen atoms in total. The van der Waals surface area contributed by atoms with Gasteiger partial charge >= 0.3 is 6.18 Å². The van der Waals surface area contributed by atoms with Crippen molar-refractivity contribution in [2.75, 3.05) is 18.0 Å². The van der Waals surface area contributed by atoms with Crippen molar-refractivity contribution in [1.82, 2.24) is 0 Å². The van der Waals surface area contributed by atoms with Crippen molar-refractivity contribution in [3.63, 3.8) is 0 Å². The zero-order valence-corrected chi connectivity index (χ0v) is 11.3. The summed E-state index contributed by atoms with van der Waals surface area (Å²) >= 11 is 0. The van der Waals surface area contributed by atoms with E-state index < -0.39 is 17.6 Å². The number of alkyl halides is 3. The van der Waals surface area contributed by atoms with Crippen molar-refractivity contribution in [3.05, 3.63) is 29.3 Å². The molecule has 0 radical (unpaired) electrons. The Balaban J connectivity index is 2.37. The van der Waals surface area contributed by atoms with E-state index >= 15 is 0 Å². The minimum atomic E-state index is -4.49. The second-order valence-corrected chi connectivity index (χ2v) is 5.33. The Morgan fingerprint density at radius 3 is 2.65 bits per heavy atom. The lowest BCUT2D eigenvalue weighted by molar-refractivity contribution is -0.137. The molecule has 1 atom stereocenters. The van der Waals surface area contributed by atoms with Gasteiger partial charge in [0.1, 0.15) is 5.84 Å². The second kappa shape index (κ2) is 5.34. The van der Waals surface area contributed by atoms with Crippen LogP contribution in [0.15, 0.2) is 18.2 Å². The summed E-state index contributed by atoms with van der Waals surface area (Å²) in [4.78, 5) is 2.06. The quantitative estimate of drug-likeness (QED) is 0.647. The molecular formula is C14H18F3N3. The van der Waals surface area contributed by atoms with Gasteiger partial charge in [-0.25, -0.2) is 0 Å². The second-order valence-electron chi connectivity index (χ2n) is 5.33. The number of hydrogen-bond acceptors (Lipinski definition) is 2. The summed E-state index contributed by atoms with van der Waals surface area (Å²) in [5.41, 5.74) is 4.91. The van der Waals surface area contributed by atoms with Crippen molar-refractivity contribution in [1.29, 1.82) is 5.41 Å². The van der Waals surface area contributed by atoms with E-state index in [1.807, 2.05) is 0 Å². The van der Waals surface area contributed by atoms with Crippen molar-refractivity contribution >= 4 is 11.5 Å². The maximum atomic E-state index is 12.9. The normalized spacial score (nSPS) is 20.0. The molecule has 0 bridgehead atoms. The molecule has 1 aliphatic heterocycles. The number of hydrogen-bond donors (Lipinski definition) is 2. The molecule has 1 aromatic carbocycles. The Labute approximate surface area is 116 Å². The Morgan fingerprint density at radius 2 is 2.10 bits per heavy atom. The molecule has 0 spiro atoms. The Morgan fingerprint density at radius 1 is 1.40 bits per heavy atom. The summed E-state index contributed by atoms with van der Waals surface area (Å²) in [7, 11) is 0. The summed E-state index contributed by atoms with van der Waals surface area (Å²) < 4.78 is 38.6. The molecule has 1 aliphatic rings. The average molecular weight is 285 g/mol. The van der Waals surface area contributed by atoms with E-state index in [0.717, 1.165) is 32.0 Å². The highest BCUT2D eigenvalue weighted by atomic mass is 19.4. The number of nitrogens with zero attached hydrogens (tertiary/aromatic N) is 1. The van der Waals surface area contributed by atoms with Gasteiger partial charge in [-0.1, -0.05) is 6.92 Å². The van der Waals surface area contributed by atoms with Gasteiger partial charge in [-0.2, -0.15) is 13.2 Å². The lowest BCUT2D eigenvalue weighted by Gasteiger charge is -2.33. The van der Waals surface area contributed by atoms with Gasteiger partial charge in [0.05, 0.1) is 5.56 Å². The number of rotatable bonds is 2. The molecule has 1 saturated heterocycles. The Kier molecular flexibility index (Phi) is 3.92. The Bertz CT molecular complexity index is 511. The number of nitrogen functional groups attached to an aromatic ring is 1. The first-order chi connectivity index (χ1) is 9.29. The summed E-state index contributed by atoms with van der Waals surface area (Å²) in [5, 5.41) is 7.37. The van der Waals surface area contributed by atoms with Crippen LogP contribution in [0.3, 0.4) is 0 Å². The van der Waals surface area contributed by atoms with E-state index in [9.17, 15) is 13.2 Å². The highest BCUT2D eigenvalue weighted by molar-refractivity contribution is 5.97. The van der Waals surface area contributed by atoms with Gasteiger partial charge in [-0.3, -0.25) is 5.41 Å². The van der Waals surface area contributed by atoms with Crippen molar-refractivity contribution in [2.45, 2.75) is 25.9 Å². The molecule has 1 fully saturated rings. The third-order valence-electron chi connectivity index (χ3n) is 3.62. The Hall–Kier alpha value is -1.72. The molecule has 1 heterocycles. The SMILES string of the molecule is CC1CCCN(c2ccc(C(F)(F)F)c(C(=N)N)c2)C1. The molecule has 3 N–H and O–H groups in total. The standard InChI is InChI=1S/C14H18F3N3/c1-9-3-2-6-20(8-9)10-4-5-12(14(15,16)17)11(7-10)13(18)19/h4-5,7,9H,2-3,6,8H2,1H3,(H3,18,19). The number of halogens is 3. The van der Waals surface area contributed by atoms with Crippen LogP contribution >= 0.6 is 0 Å². The number of anilines is 1. The van der Waals surface area contributed by atoms with E-state index in [1.54, 1.807) is 0 Å². The minimum absolute atomic E-state index is 0.242. The van der Waals surface area contributed by atoms with E-state index in [0.29, 0.717) is 11.6 Å². The smallest absolute Gasteiger partial charge is 0.384 e. The monoisotopic (exact) mass is 285 g/mol. The van der Waals surface area contributed by atoms with E-state index in [-0.39, 0.29) is 5.56 Å². The first kappa shape index (κ1) is 14.7. The van der Waals surface area contributed by atoms with Gasteiger partial charge in [-0.05, 0) is 37.0 Å². The maximum absolute atomic E-state index is 12.9. The van der Waals surface area contributed by atoms with Crippen molar-refractivity contribution in [3.8, 4) is 0 Å². The molecule has 6 heteroatoms. The topological polar surface area (TPSA) is 53.1 Å². The highest BCUT2D eigenvalue weighted by Gasteiger charge is 2.34. The fourth-order valence-corrected chi connectivity index (χ4v) is 2.62. The molecule has 0 aliphatic carbocycles. The number of benzene rings is 1. The lowest BCUT2D eigenvalue weighted by atomic mass is 9.98. The summed E-state index contributed by atoms with van der Waals surface area (Å²) in [5.74, 6) is -0.0314. The van der Waals surface area contributed by atoms with Crippen molar-refractivity contribution < 1.29 is 13.2 Å². The van der Waals surface area contributed by atoms with Crippen LogP contribution in [-0.2, 0) is 6.18 Å². The summed E-state index contributed by atoms with van der Waals surface area (Å²) in [6.07, 6.45) is -2.33. The van der Waals surface area contributed by atoms with Gasteiger partial charge in [0.2, 0.25) is 0 Å². The molecule has 0 saturated carbocycles. The molecule has 0 aromatic heterocycles. The third-order valence-corrected chi connectivity index (χ3v) is 3.62. The zero-order chi connectivity index (χ0) is 14.9. The van der Waals surface area contributed by atoms with Crippen LogP contribution in [0.1, 0.15) is 30.9 Å². The number of nitrogens with one attached hydrogen (secondary N) is 1. The first-order valence-electron chi connectivity index (χ1n) is 6.59. The van der Waals surface area contributed by atoms with Gasteiger partial charge < -0.3 is 10.6 Å². The molecule has 1 aromatic rings. The van der Waals surface area contributed by atoms with Crippen molar-refractivity contribution in [2.24, 2.45) is 11.7 Å². The highest BCUT2D eigenvalue weighted by Crippen LogP contribution is 2.34. The fraction of sp³-hybridized carbons (Fsp3) is 0.500. The molecule has 2 rings (SSSR count). The van der Waals surface area contributed by atoms with E-state index in [1.165, 1.54) is 12.1 Å². The minimum Gasteiger partial charge on any atom is -0.384 e. The number of nitrogens with two attached hydrogens (primary N) is 1. The average Bonchev–Trinajstić information content (AvgIpc) is 2.37. The predicted octanol–water partition coefficient (Wildman–Crippen LogP) is 3.23. The number of amidine groups is 1. The van der Waals surface area contributed by atoms with E-state index in [4.69, 9.17) is 11.1 Å². The molecular weight excluding hydrogens is 267 g/mol. The van der Waals surface area contributed by atoms with Gasteiger partial charge in [0.25, 0.3) is 0 Å². The molecule has 0 amide bonds. The van der Waals surface area contributed by atoms with Gasteiger partial charge in [0.15, 0.2) is 0 Å². The van der Waals surface area contributed by atoms with Crippen LogP contribution in [0.25, 0.3) is 0 Å². The first-order valence-corrected chi connectivity index (χ1v) is 6.59. The summed E-state index contributed by atoms with van der Waals surface area (Å²) in [6.45, 7) is 3.78. The molecule has 1 unspecified atom stereocenters. The van der Waals surface area contributed by atoms with Crippen LogP contribution in [0, 0.1) is 11.3 Å². The lowest BCUT2D eigenvalue weighted by Crippen LogP contribution is -2.34. The summed E-state index contributed by atoms with van der Waals surface area (Å²) in [6, 6.07) is 3.86. The van der Waals surface area contributed by atoms with Crippen LogP contribution in [0.4, 0.5) is 18.9 Å². The van der Waals surface area contributed by atoms with Gasteiger partial charge in [-0.15, -0.1) is 0 Å². The van der Waals surface area contributed by atoms with Crippen LogP contribution in [0.5, 0.6) is 0 Å². The molecule has 20 heavy (non-hydrogen) atoms. The fourth-order valence-electron chi connectivity index (χ4n) is 2.62. The zero-order valence-electron chi connectivity index (χ0n) is 11.3. The van der Waals surface area contributed by atoms with Crippen LogP contribution in [-0.4, -0.2) is 18.9 Å². The molecule has 110 valence electrons. The predicted molar refractivity (Wildman–Crippen MR) is 73.1 cm³/mol. The van der Waals surface area contributed by atoms with Crippen LogP contribution in [0.2, 0.25) is 0 Å². The van der Waals surface area contributed by atoms with Crippen LogP contribution < -0.4 is 10.6 Å². The van der Waals surface area contributed by atoms with Gasteiger partial charge in [0, 0.05) is 24.3 Å².